The van der Waals surface area contributed by atoms with Crippen LogP contribution in [0, 0.1) is 17.2 Å². The van der Waals surface area contributed by atoms with Crippen LogP contribution in [0.25, 0.3) is 0 Å². The van der Waals surface area contributed by atoms with Crippen molar-refractivity contribution in [2.24, 2.45) is 5.92 Å². The lowest BCUT2D eigenvalue weighted by atomic mass is 9.95. The molecule has 8 heteroatoms. The van der Waals surface area contributed by atoms with E-state index in [0.29, 0.717) is 25.2 Å². The van der Waals surface area contributed by atoms with Crippen molar-refractivity contribution in [1.29, 1.82) is 5.26 Å². The van der Waals surface area contributed by atoms with Gasteiger partial charge in [-0.1, -0.05) is 12.1 Å². The summed E-state index contributed by atoms with van der Waals surface area (Å²) < 4.78 is 13.6. The molecule has 30 heavy (non-hydrogen) atoms. The highest BCUT2D eigenvalue weighted by molar-refractivity contribution is 5.81. The van der Waals surface area contributed by atoms with Gasteiger partial charge in [0, 0.05) is 32.3 Å². The number of likely N-dealkylation sites (tertiary alicyclic amines) is 1. The largest absolute Gasteiger partial charge is 0.384 e. The summed E-state index contributed by atoms with van der Waals surface area (Å²) in [7, 11) is 0. The van der Waals surface area contributed by atoms with E-state index in [1.165, 1.54) is 12.3 Å². The molecular weight excluding hydrogens is 387 g/mol. The number of carbonyl (C=O) groups excluding carboxylic acids is 1. The van der Waals surface area contributed by atoms with Crippen LogP contribution in [-0.2, 0) is 4.79 Å². The summed E-state index contributed by atoms with van der Waals surface area (Å²) >= 11 is 0. The van der Waals surface area contributed by atoms with E-state index in [0.717, 1.165) is 18.5 Å². The number of hydrogen-bond acceptors (Lipinski definition) is 6. The van der Waals surface area contributed by atoms with E-state index < -0.39 is 18.1 Å². The molecule has 1 aliphatic carbocycles. The minimum atomic E-state index is -1.60. The fourth-order valence-corrected chi connectivity index (χ4v) is 3.61. The fourth-order valence-electron chi connectivity index (χ4n) is 3.61. The Morgan fingerprint density at radius 3 is 2.80 bits per heavy atom. The van der Waals surface area contributed by atoms with Crippen molar-refractivity contribution in [3.8, 4) is 6.07 Å². The van der Waals surface area contributed by atoms with Crippen LogP contribution in [0.5, 0.6) is 0 Å². The van der Waals surface area contributed by atoms with Gasteiger partial charge < -0.3 is 20.4 Å². The van der Waals surface area contributed by atoms with E-state index in [1.807, 2.05) is 0 Å². The van der Waals surface area contributed by atoms with Crippen LogP contribution in [0.15, 0.2) is 59.7 Å². The quantitative estimate of drug-likeness (QED) is 0.658. The van der Waals surface area contributed by atoms with Crippen molar-refractivity contribution < 1.29 is 19.4 Å². The lowest BCUT2D eigenvalue weighted by molar-refractivity contribution is -0.135. The number of aromatic nitrogens is 1. The average molecular weight is 412 g/mol. The number of rotatable bonds is 6. The van der Waals surface area contributed by atoms with Crippen LogP contribution in [0.3, 0.4) is 0 Å². The van der Waals surface area contributed by atoms with Crippen LogP contribution in [0.4, 0.5) is 4.39 Å². The van der Waals surface area contributed by atoms with E-state index in [1.54, 1.807) is 30.4 Å². The molecule has 2 heterocycles. The molecule has 0 radical (unpaired) electrons. The molecule has 1 unspecified atom stereocenters. The van der Waals surface area contributed by atoms with E-state index in [2.05, 4.69) is 21.3 Å². The predicted octanol–water partition coefficient (Wildman–Crippen LogP) is 1.90. The molecule has 1 fully saturated rings. The molecular formula is C22H25FN4O3. The standard InChI is InChI=1S/C22H25FN4O3/c23-17-4-3-6-19(16(12-17)13-24)27-10-7-15(8-11-27)14-26-22(30)21(29)20(28)18-5-1-2-9-25-18/h1-3,5-6,9,12,15,20-21,28-29H,4,7-8,10-11,14H2,(H,26,30)/t20?,21-/m1/s1. The molecule has 158 valence electrons. The van der Waals surface area contributed by atoms with Crippen molar-refractivity contribution in [3.63, 3.8) is 0 Å². The third-order valence-corrected chi connectivity index (χ3v) is 5.36. The zero-order valence-electron chi connectivity index (χ0n) is 16.5. The summed E-state index contributed by atoms with van der Waals surface area (Å²) in [6.07, 6.45) is 5.03. The second-order valence-electron chi connectivity index (χ2n) is 7.43. The number of hydrogen-bond donors (Lipinski definition) is 3. The number of pyridine rings is 1. The van der Waals surface area contributed by atoms with Crippen molar-refractivity contribution in [2.45, 2.75) is 31.5 Å². The second-order valence-corrected chi connectivity index (χ2v) is 7.43. The van der Waals surface area contributed by atoms with Crippen LogP contribution in [-0.4, -0.2) is 51.7 Å². The Balaban J connectivity index is 1.50. The molecule has 1 aliphatic heterocycles. The number of nitrogens with zero attached hydrogens (tertiary/aromatic N) is 3. The lowest BCUT2D eigenvalue weighted by Crippen LogP contribution is -2.43. The van der Waals surface area contributed by atoms with Gasteiger partial charge in [0.25, 0.3) is 5.91 Å². The molecule has 2 aliphatic rings. The van der Waals surface area contributed by atoms with E-state index in [9.17, 15) is 24.7 Å². The smallest absolute Gasteiger partial charge is 0.251 e. The highest BCUT2D eigenvalue weighted by Gasteiger charge is 2.28. The predicted molar refractivity (Wildman–Crippen MR) is 108 cm³/mol. The molecule has 3 N–H and O–H groups in total. The monoisotopic (exact) mass is 412 g/mol. The first-order chi connectivity index (χ1) is 14.5. The Morgan fingerprint density at radius 1 is 1.37 bits per heavy atom. The van der Waals surface area contributed by atoms with Crippen molar-refractivity contribution in [2.75, 3.05) is 19.6 Å². The zero-order valence-corrected chi connectivity index (χ0v) is 16.5. The van der Waals surface area contributed by atoms with Gasteiger partial charge in [-0.2, -0.15) is 5.26 Å². The molecule has 3 rings (SSSR count). The average Bonchev–Trinajstić information content (AvgIpc) is 2.98. The van der Waals surface area contributed by atoms with Crippen molar-refractivity contribution in [3.05, 3.63) is 65.4 Å². The third-order valence-electron chi connectivity index (χ3n) is 5.36. The van der Waals surface area contributed by atoms with Crippen LogP contribution < -0.4 is 5.32 Å². The maximum atomic E-state index is 13.6. The number of nitrogens with one attached hydrogen (secondary N) is 1. The first-order valence-electron chi connectivity index (χ1n) is 9.96. The molecule has 2 atom stereocenters. The summed E-state index contributed by atoms with van der Waals surface area (Å²) in [5, 5.41) is 32.2. The maximum absolute atomic E-state index is 13.6. The number of aliphatic hydroxyl groups excluding tert-OH is 2. The van der Waals surface area contributed by atoms with Gasteiger partial charge in [-0.15, -0.1) is 0 Å². The Kier molecular flexibility index (Phi) is 7.33. The van der Waals surface area contributed by atoms with Gasteiger partial charge in [0.15, 0.2) is 6.10 Å². The van der Waals surface area contributed by atoms with Gasteiger partial charge in [-0.05, 0) is 43.0 Å². The topological polar surface area (TPSA) is 109 Å². The molecule has 0 spiro atoms. The molecule has 0 saturated carbocycles. The van der Waals surface area contributed by atoms with Crippen molar-refractivity contribution >= 4 is 5.91 Å². The normalized spacial score (nSPS) is 19.5. The van der Waals surface area contributed by atoms with Gasteiger partial charge in [0.2, 0.25) is 0 Å². The number of nitriles is 1. The summed E-state index contributed by atoms with van der Waals surface area (Å²) in [6.45, 7) is 1.74. The fraction of sp³-hybridized carbons (Fsp3) is 0.409. The Bertz CT molecular complexity index is 883. The van der Waals surface area contributed by atoms with E-state index >= 15 is 0 Å². The summed E-state index contributed by atoms with van der Waals surface area (Å²) in [5.74, 6) is -0.767. The van der Waals surface area contributed by atoms with Gasteiger partial charge in [-0.3, -0.25) is 9.78 Å². The molecule has 0 bridgehead atoms. The van der Waals surface area contributed by atoms with Gasteiger partial charge in [0.05, 0.1) is 17.0 Å². The molecule has 1 amide bonds. The minimum Gasteiger partial charge on any atom is -0.384 e. The first kappa shape index (κ1) is 21.7. The Hall–Kier alpha value is -3.02. The van der Waals surface area contributed by atoms with Gasteiger partial charge in [0.1, 0.15) is 18.0 Å². The van der Waals surface area contributed by atoms with Crippen LogP contribution in [0.2, 0.25) is 0 Å². The number of carbonyl (C=O) groups is 1. The Morgan fingerprint density at radius 2 is 2.13 bits per heavy atom. The number of piperidine rings is 1. The summed E-state index contributed by atoms with van der Waals surface area (Å²) in [5.41, 5.74) is 1.28. The highest BCUT2D eigenvalue weighted by atomic mass is 19.1. The first-order valence-corrected chi connectivity index (χ1v) is 9.96. The minimum absolute atomic E-state index is 0.184. The van der Waals surface area contributed by atoms with Crippen LogP contribution in [0.1, 0.15) is 31.1 Å². The SMILES string of the molecule is N#CC1=C(N2CCC(CNC(=O)[C@H](O)C(O)c3ccccn3)CC2)C=CCC(F)=C1. The number of aliphatic hydroxyl groups is 2. The van der Waals surface area contributed by atoms with Gasteiger partial charge in [-0.25, -0.2) is 4.39 Å². The molecule has 1 saturated heterocycles. The van der Waals surface area contributed by atoms with Crippen LogP contribution >= 0.6 is 0 Å². The molecule has 0 aromatic carbocycles. The molecule has 1 aromatic rings. The Labute approximate surface area is 174 Å². The number of allylic oxidation sites excluding steroid dienone is 5. The summed E-state index contributed by atoms with van der Waals surface area (Å²) in [4.78, 5) is 18.2. The lowest BCUT2D eigenvalue weighted by Gasteiger charge is -2.34. The second kappa shape index (κ2) is 10.1. The highest BCUT2D eigenvalue weighted by Crippen LogP contribution is 2.26. The molecule has 7 nitrogen and oxygen atoms in total. The summed E-state index contributed by atoms with van der Waals surface area (Å²) in [6, 6.07) is 6.97. The van der Waals surface area contributed by atoms with E-state index in [4.69, 9.17) is 0 Å². The zero-order chi connectivity index (χ0) is 21.5. The van der Waals surface area contributed by atoms with E-state index in [-0.39, 0.29) is 23.9 Å². The van der Waals surface area contributed by atoms with Crippen molar-refractivity contribution in [1.82, 2.24) is 15.2 Å². The molecule has 1 aromatic heterocycles. The van der Waals surface area contributed by atoms with Gasteiger partial charge >= 0.3 is 0 Å². The maximum Gasteiger partial charge on any atom is 0.251 e. The third kappa shape index (κ3) is 5.32. The number of halogens is 1. The number of amides is 1.